The Morgan fingerprint density at radius 3 is 2.70 bits per heavy atom. The molecule has 1 heterocycles. The predicted molar refractivity (Wildman–Crippen MR) is 86.3 cm³/mol. The molecule has 110 valence electrons. The van der Waals surface area contributed by atoms with Crippen LogP contribution < -0.4 is 10.6 Å². The second-order valence-electron chi connectivity index (χ2n) is 5.67. The molecule has 0 saturated carbocycles. The third-order valence-electron chi connectivity index (χ3n) is 3.75. The van der Waals surface area contributed by atoms with Crippen LogP contribution in [0.5, 0.6) is 0 Å². The van der Waals surface area contributed by atoms with Crippen molar-refractivity contribution in [1.82, 2.24) is 4.90 Å². The molecular weight excluding hydrogens is 270 g/mol. The molecular formula is C15H23N3OS. The zero-order valence-corrected chi connectivity index (χ0v) is 13.5. The van der Waals surface area contributed by atoms with Crippen molar-refractivity contribution in [3.05, 3.63) is 18.2 Å². The fraction of sp³-hybridized carbons (Fsp3) is 0.533. The molecule has 1 unspecified atom stereocenters. The summed E-state index contributed by atoms with van der Waals surface area (Å²) in [6.07, 6.45) is 0.809. The van der Waals surface area contributed by atoms with Gasteiger partial charge in [-0.05, 0) is 45.6 Å². The molecule has 0 aromatic heterocycles. The fourth-order valence-electron chi connectivity index (χ4n) is 2.26. The molecule has 0 spiro atoms. The molecule has 5 heteroatoms. The van der Waals surface area contributed by atoms with Crippen molar-refractivity contribution in [2.24, 2.45) is 0 Å². The van der Waals surface area contributed by atoms with Gasteiger partial charge in [0.05, 0.1) is 10.4 Å². The van der Waals surface area contributed by atoms with Crippen LogP contribution in [0.1, 0.15) is 20.3 Å². The van der Waals surface area contributed by atoms with Gasteiger partial charge in [-0.25, -0.2) is 0 Å². The third-order valence-corrected chi connectivity index (χ3v) is 5.21. The van der Waals surface area contributed by atoms with Gasteiger partial charge in [0.1, 0.15) is 0 Å². The van der Waals surface area contributed by atoms with E-state index < -0.39 is 4.75 Å². The fourth-order valence-corrected chi connectivity index (χ4v) is 3.57. The SMILES string of the molecule is CCC1(C)Sc2cc(N)ccc2N(CCN(C)C)C1=O. The smallest absolute Gasteiger partial charge is 0.243 e. The number of benzene rings is 1. The number of anilines is 2. The van der Waals surface area contributed by atoms with Crippen molar-refractivity contribution in [3.63, 3.8) is 0 Å². The summed E-state index contributed by atoms with van der Waals surface area (Å²) in [7, 11) is 4.04. The minimum absolute atomic E-state index is 0.198. The zero-order chi connectivity index (χ0) is 14.9. The van der Waals surface area contributed by atoms with Gasteiger partial charge in [-0.1, -0.05) is 6.92 Å². The van der Waals surface area contributed by atoms with E-state index in [4.69, 9.17) is 5.73 Å². The molecule has 0 bridgehead atoms. The number of amides is 1. The number of hydrogen-bond donors (Lipinski definition) is 1. The average molecular weight is 293 g/mol. The van der Waals surface area contributed by atoms with Crippen LogP contribution in [0.15, 0.2) is 23.1 Å². The van der Waals surface area contributed by atoms with Crippen LogP contribution in [0.4, 0.5) is 11.4 Å². The lowest BCUT2D eigenvalue weighted by Gasteiger charge is -2.40. The number of rotatable bonds is 4. The van der Waals surface area contributed by atoms with E-state index in [0.717, 1.165) is 29.2 Å². The average Bonchev–Trinajstić information content (AvgIpc) is 2.39. The van der Waals surface area contributed by atoms with Crippen LogP contribution in [0.25, 0.3) is 0 Å². The van der Waals surface area contributed by atoms with Crippen LogP contribution >= 0.6 is 11.8 Å². The number of thioether (sulfide) groups is 1. The maximum atomic E-state index is 12.8. The number of fused-ring (bicyclic) bond motifs is 1. The lowest BCUT2D eigenvalue weighted by molar-refractivity contribution is -0.120. The maximum absolute atomic E-state index is 12.8. The minimum atomic E-state index is -0.396. The van der Waals surface area contributed by atoms with Gasteiger partial charge in [-0.3, -0.25) is 4.79 Å². The van der Waals surface area contributed by atoms with Crippen LogP contribution in [-0.2, 0) is 4.79 Å². The van der Waals surface area contributed by atoms with E-state index in [0.29, 0.717) is 6.54 Å². The number of nitrogens with zero attached hydrogens (tertiary/aromatic N) is 2. The molecule has 1 aromatic carbocycles. The highest BCUT2D eigenvalue weighted by Gasteiger charge is 2.41. The molecule has 20 heavy (non-hydrogen) atoms. The van der Waals surface area contributed by atoms with E-state index in [9.17, 15) is 4.79 Å². The maximum Gasteiger partial charge on any atom is 0.243 e. The molecule has 0 fully saturated rings. The van der Waals surface area contributed by atoms with Gasteiger partial charge < -0.3 is 15.5 Å². The number of nitrogen functional groups attached to an aromatic ring is 1. The largest absolute Gasteiger partial charge is 0.399 e. The Morgan fingerprint density at radius 1 is 1.40 bits per heavy atom. The van der Waals surface area contributed by atoms with Crippen LogP contribution in [-0.4, -0.2) is 42.7 Å². The van der Waals surface area contributed by atoms with E-state index in [1.165, 1.54) is 0 Å². The Morgan fingerprint density at radius 2 is 2.10 bits per heavy atom. The molecule has 4 nitrogen and oxygen atoms in total. The summed E-state index contributed by atoms with van der Waals surface area (Å²) in [4.78, 5) is 17.9. The highest BCUT2D eigenvalue weighted by molar-refractivity contribution is 8.01. The van der Waals surface area contributed by atoms with Crippen molar-refractivity contribution >= 4 is 29.0 Å². The molecule has 0 saturated heterocycles. The first-order valence-corrected chi connectivity index (χ1v) is 7.74. The lowest BCUT2D eigenvalue weighted by Crippen LogP contribution is -2.49. The van der Waals surface area contributed by atoms with Crippen LogP contribution in [0.3, 0.4) is 0 Å². The zero-order valence-electron chi connectivity index (χ0n) is 12.6. The van der Waals surface area contributed by atoms with Crippen molar-refractivity contribution in [2.45, 2.75) is 29.9 Å². The summed E-state index contributed by atoms with van der Waals surface area (Å²) < 4.78 is -0.396. The molecule has 1 amide bonds. The van der Waals surface area contributed by atoms with E-state index in [-0.39, 0.29) is 5.91 Å². The third kappa shape index (κ3) is 2.79. The van der Waals surface area contributed by atoms with E-state index in [2.05, 4.69) is 11.8 Å². The van der Waals surface area contributed by atoms with Crippen molar-refractivity contribution in [2.75, 3.05) is 37.8 Å². The van der Waals surface area contributed by atoms with Crippen molar-refractivity contribution in [1.29, 1.82) is 0 Å². The second kappa shape index (κ2) is 5.66. The normalized spacial score (nSPS) is 22.2. The highest BCUT2D eigenvalue weighted by Crippen LogP contribution is 2.47. The van der Waals surface area contributed by atoms with Gasteiger partial charge in [0.25, 0.3) is 0 Å². The van der Waals surface area contributed by atoms with Gasteiger partial charge in [-0.15, -0.1) is 11.8 Å². The molecule has 2 rings (SSSR count). The first-order chi connectivity index (χ1) is 9.37. The number of likely N-dealkylation sites (N-methyl/N-ethyl adjacent to an activating group) is 1. The van der Waals surface area contributed by atoms with Gasteiger partial charge in [-0.2, -0.15) is 0 Å². The monoisotopic (exact) mass is 293 g/mol. The van der Waals surface area contributed by atoms with Crippen molar-refractivity contribution in [3.8, 4) is 0 Å². The first-order valence-electron chi connectivity index (χ1n) is 6.92. The Kier molecular flexibility index (Phi) is 4.30. The minimum Gasteiger partial charge on any atom is -0.399 e. The van der Waals surface area contributed by atoms with Gasteiger partial charge in [0.2, 0.25) is 5.91 Å². The molecule has 0 radical (unpaired) electrons. The standard InChI is InChI=1S/C15H23N3OS/c1-5-15(2)14(19)18(9-8-17(3)4)12-7-6-11(16)10-13(12)20-15/h6-7,10H,5,8-9,16H2,1-4H3. The Hall–Kier alpha value is -1.20. The number of carbonyl (C=O) groups is 1. The van der Waals surface area contributed by atoms with E-state index in [1.54, 1.807) is 11.8 Å². The topological polar surface area (TPSA) is 49.6 Å². The second-order valence-corrected chi connectivity index (χ2v) is 7.22. The summed E-state index contributed by atoms with van der Waals surface area (Å²) >= 11 is 1.63. The van der Waals surface area contributed by atoms with E-state index in [1.807, 2.05) is 44.1 Å². The quantitative estimate of drug-likeness (QED) is 0.866. The molecule has 1 atom stereocenters. The summed E-state index contributed by atoms with van der Waals surface area (Å²) in [6.45, 7) is 5.64. The summed E-state index contributed by atoms with van der Waals surface area (Å²) in [5, 5.41) is 0. The molecule has 1 aliphatic heterocycles. The van der Waals surface area contributed by atoms with Gasteiger partial charge in [0.15, 0.2) is 0 Å². The summed E-state index contributed by atoms with van der Waals surface area (Å²) in [5.41, 5.74) is 7.62. The molecule has 1 aromatic rings. The number of carbonyl (C=O) groups excluding carboxylic acids is 1. The number of hydrogen-bond acceptors (Lipinski definition) is 4. The predicted octanol–water partition coefficient (Wildman–Crippen LogP) is 2.44. The van der Waals surface area contributed by atoms with Gasteiger partial charge >= 0.3 is 0 Å². The molecule has 0 aliphatic carbocycles. The van der Waals surface area contributed by atoms with Crippen LogP contribution in [0, 0.1) is 0 Å². The van der Waals surface area contributed by atoms with Gasteiger partial charge in [0, 0.05) is 23.7 Å². The Labute approximate surface area is 125 Å². The van der Waals surface area contributed by atoms with E-state index >= 15 is 0 Å². The molecule has 1 aliphatic rings. The van der Waals surface area contributed by atoms with Crippen molar-refractivity contribution < 1.29 is 4.79 Å². The summed E-state index contributed by atoms with van der Waals surface area (Å²) in [6, 6.07) is 5.80. The summed E-state index contributed by atoms with van der Waals surface area (Å²) in [5.74, 6) is 0.198. The Bertz CT molecular complexity index is 518. The highest BCUT2D eigenvalue weighted by atomic mass is 32.2. The Balaban J connectivity index is 2.40. The van der Waals surface area contributed by atoms with Crippen LogP contribution in [0.2, 0.25) is 0 Å². The molecule has 2 N–H and O–H groups in total. The first kappa shape index (κ1) is 15.2. The number of nitrogens with two attached hydrogens (primary N) is 1. The lowest BCUT2D eigenvalue weighted by atomic mass is 10.0.